The number of hydrogen-bond acceptors (Lipinski definition) is 8. The van der Waals surface area contributed by atoms with Crippen molar-refractivity contribution in [1.82, 2.24) is 19.1 Å². The third kappa shape index (κ3) is 5.45. The fraction of sp³-hybridized carbons (Fsp3) is 0.478. The van der Waals surface area contributed by atoms with Crippen LogP contribution in [0.1, 0.15) is 32.3 Å². The molecule has 0 aliphatic carbocycles. The molecule has 3 N–H and O–H groups in total. The smallest absolute Gasteiger partial charge is 0.437 e. The molecule has 194 valence electrons. The standard InChI is InChI=1S/C23H28F3N7O3/c1-14(2)28-21-29-18-17(19(34)33(21)13-36-20(35)23(24,25)26)32(11-15-7-4-3-5-8-15)22(30-18)31-10-6-9-16(27)12-31/h3-5,7-8,14,16H,6,9-13,27H2,1-2H3,(H,28,29). The fourth-order valence-corrected chi connectivity index (χ4v) is 4.14. The van der Waals surface area contributed by atoms with Gasteiger partial charge in [-0.05, 0) is 32.3 Å². The van der Waals surface area contributed by atoms with Crippen molar-refractivity contribution in [2.24, 2.45) is 5.73 Å². The fourth-order valence-electron chi connectivity index (χ4n) is 4.14. The number of anilines is 2. The number of fused-ring (bicyclic) bond motifs is 1. The van der Waals surface area contributed by atoms with Crippen molar-refractivity contribution < 1.29 is 22.7 Å². The average Bonchev–Trinajstić information content (AvgIpc) is 3.16. The van der Waals surface area contributed by atoms with Gasteiger partial charge in [0.25, 0.3) is 5.56 Å². The highest BCUT2D eigenvalue weighted by Crippen LogP contribution is 2.25. The van der Waals surface area contributed by atoms with Gasteiger partial charge in [-0.15, -0.1) is 0 Å². The van der Waals surface area contributed by atoms with Crippen LogP contribution in [0.5, 0.6) is 0 Å². The number of nitrogens with one attached hydrogen (secondary N) is 1. The van der Waals surface area contributed by atoms with Crippen LogP contribution in [-0.2, 0) is 22.8 Å². The molecule has 10 nitrogen and oxygen atoms in total. The Morgan fingerprint density at radius 1 is 1.22 bits per heavy atom. The van der Waals surface area contributed by atoms with Crippen LogP contribution in [0.15, 0.2) is 35.1 Å². The summed E-state index contributed by atoms with van der Waals surface area (Å²) in [5.41, 5.74) is 6.61. The van der Waals surface area contributed by atoms with Gasteiger partial charge in [-0.1, -0.05) is 30.3 Å². The largest absolute Gasteiger partial charge is 0.490 e. The topological polar surface area (TPSA) is 120 Å². The zero-order chi connectivity index (χ0) is 26.0. The summed E-state index contributed by atoms with van der Waals surface area (Å²) in [5.74, 6) is -1.95. The number of piperidine rings is 1. The first kappa shape index (κ1) is 25.5. The van der Waals surface area contributed by atoms with E-state index in [0.717, 1.165) is 23.0 Å². The number of halogens is 3. The molecule has 0 saturated carbocycles. The Hall–Kier alpha value is -3.61. The van der Waals surface area contributed by atoms with Gasteiger partial charge in [-0.2, -0.15) is 23.1 Å². The molecule has 1 aliphatic heterocycles. The molecule has 3 heterocycles. The second-order valence-electron chi connectivity index (χ2n) is 9.03. The molecule has 0 spiro atoms. The van der Waals surface area contributed by atoms with E-state index >= 15 is 0 Å². The monoisotopic (exact) mass is 507 g/mol. The molecular weight excluding hydrogens is 479 g/mol. The Bertz CT molecular complexity index is 1290. The summed E-state index contributed by atoms with van der Waals surface area (Å²) in [6, 6.07) is 9.10. The lowest BCUT2D eigenvalue weighted by Gasteiger charge is -2.31. The summed E-state index contributed by atoms with van der Waals surface area (Å²) in [5, 5.41) is 2.93. The van der Waals surface area contributed by atoms with Crippen LogP contribution in [0.25, 0.3) is 11.2 Å². The molecule has 1 aliphatic rings. The van der Waals surface area contributed by atoms with Crippen molar-refractivity contribution in [1.29, 1.82) is 0 Å². The van der Waals surface area contributed by atoms with E-state index in [1.54, 1.807) is 18.4 Å². The summed E-state index contributed by atoms with van der Waals surface area (Å²) >= 11 is 0. The van der Waals surface area contributed by atoms with Gasteiger partial charge in [0.05, 0.1) is 6.54 Å². The molecule has 36 heavy (non-hydrogen) atoms. The number of nitrogens with two attached hydrogens (primary N) is 1. The van der Waals surface area contributed by atoms with Gasteiger partial charge >= 0.3 is 12.1 Å². The van der Waals surface area contributed by atoms with E-state index in [9.17, 15) is 22.8 Å². The number of nitrogens with zero attached hydrogens (tertiary/aromatic N) is 5. The number of carbonyl (C=O) groups excluding carboxylic acids is 1. The highest BCUT2D eigenvalue weighted by Gasteiger charge is 2.41. The van der Waals surface area contributed by atoms with E-state index in [0.29, 0.717) is 19.0 Å². The lowest BCUT2D eigenvalue weighted by Crippen LogP contribution is -2.44. The Balaban J connectivity index is 1.87. The predicted molar refractivity (Wildman–Crippen MR) is 128 cm³/mol. The quantitative estimate of drug-likeness (QED) is 0.468. The van der Waals surface area contributed by atoms with Crippen molar-refractivity contribution in [2.45, 2.75) is 58.2 Å². The Kier molecular flexibility index (Phi) is 7.20. The van der Waals surface area contributed by atoms with E-state index < -0.39 is 24.4 Å². The van der Waals surface area contributed by atoms with Gasteiger partial charge < -0.3 is 20.7 Å². The molecule has 1 aromatic carbocycles. The number of hydrogen-bond donors (Lipinski definition) is 2. The minimum atomic E-state index is -5.19. The van der Waals surface area contributed by atoms with Crippen molar-refractivity contribution in [2.75, 3.05) is 23.3 Å². The molecule has 1 atom stereocenters. The molecule has 0 bridgehead atoms. The van der Waals surface area contributed by atoms with Crippen molar-refractivity contribution in [3.05, 3.63) is 46.2 Å². The van der Waals surface area contributed by atoms with E-state index in [1.165, 1.54) is 0 Å². The molecule has 2 aromatic heterocycles. The third-order valence-electron chi connectivity index (χ3n) is 5.74. The molecule has 1 fully saturated rings. The Morgan fingerprint density at radius 3 is 2.58 bits per heavy atom. The molecule has 13 heteroatoms. The minimum Gasteiger partial charge on any atom is -0.437 e. The maximum Gasteiger partial charge on any atom is 0.490 e. The Morgan fingerprint density at radius 2 is 1.94 bits per heavy atom. The van der Waals surface area contributed by atoms with Crippen LogP contribution in [0.2, 0.25) is 0 Å². The van der Waals surface area contributed by atoms with Crippen LogP contribution in [0, 0.1) is 0 Å². The highest BCUT2D eigenvalue weighted by molar-refractivity contribution is 5.77. The van der Waals surface area contributed by atoms with Gasteiger partial charge in [0.2, 0.25) is 11.9 Å². The second kappa shape index (κ2) is 10.2. The normalized spacial score (nSPS) is 16.5. The van der Waals surface area contributed by atoms with Gasteiger partial charge in [-0.25, -0.2) is 9.36 Å². The van der Waals surface area contributed by atoms with Crippen molar-refractivity contribution in [3.63, 3.8) is 0 Å². The summed E-state index contributed by atoms with van der Waals surface area (Å²) in [4.78, 5) is 36.1. The van der Waals surface area contributed by atoms with E-state index in [-0.39, 0.29) is 35.7 Å². The summed E-state index contributed by atoms with van der Waals surface area (Å²) in [6.07, 6.45) is -3.48. The number of carbonyl (C=O) groups is 1. The number of imidazole rings is 1. The SMILES string of the molecule is CC(C)Nc1nc2nc(N3CCCC(N)C3)n(Cc3ccccc3)c2c(=O)n1COC(=O)C(F)(F)F. The van der Waals surface area contributed by atoms with Crippen molar-refractivity contribution >= 4 is 29.0 Å². The van der Waals surface area contributed by atoms with Crippen LogP contribution in [0.3, 0.4) is 0 Å². The predicted octanol–water partition coefficient (Wildman–Crippen LogP) is 2.45. The number of aromatic nitrogens is 4. The number of benzene rings is 1. The molecule has 1 saturated heterocycles. The van der Waals surface area contributed by atoms with E-state index in [4.69, 9.17) is 5.73 Å². The molecule has 0 radical (unpaired) electrons. The maximum atomic E-state index is 13.7. The first-order valence-corrected chi connectivity index (χ1v) is 11.6. The van der Waals surface area contributed by atoms with Crippen LogP contribution in [-0.4, -0.2) is 56.4 Å². The van der Waals surface area contributed by atoms with E-state index in [1.807, 2.05) is 35.2 Å². The third-order valence-corrected chi connectivity index (χ3v) is 5.74. The van der Waals surface area contributed by atoms with E-state index in [2.05, 4.69) is 20.0 Å². The summed E-state index contributed by atoms with van der Waals surface area (Å²) in [7, 11) is 0. The minimum absolute atomic E-state index is 0.0521. The van der Waals surface area contributed by atoms with Crippen molar-refractivity contribution in [3.8, 4) is 0 Å². The summed E-state index contributed by atoms with van der Waals surface area (Å²) < 4.78 is 45.2. The first-order valence-electron chi connectivity index (χ1n) is 11.6. The lowest BCUT2D eigenvalue weighted by molar-refractivity contribution is -0.203. The number of ether oxygens (including phenoxy) is 1. The Labute approximate surface area is 204 Å². The zero-order valence-electron chi connectivity index (χ0n) is 20.0. The second-order valence-corrected chi connectivity index (χ2v) is 9.03. The molecule has 3 aromatic rings. The van der Waals surface area contributed by atoms with Gasteiger partial charge in [0.15, 0.2) is 17.9 Å². The highest BCUT2D eigenvalue weighted by atomic mass is 19.4. The molecule has 4 rings (SSSR count). The number of rotatable bonds is 7. The first-order chi connectivity index (χ1) is 17.0. The zero-order valence-corrected chi connectivity index (χ0v) is 20.0. The number of alkyl halides is 3. The van der Waals surface area contributed by atoms with Crippen LogP contribution >= 0.6 is 0 Å². The molecule has 1 unspecified atom stereocenters. The van der Waals surface area contributed by atoms with Crippen LogP contribution < -0.4 is 21.5 Å². The maximum absolute atomic E-state index is 13.7. The molecular formula is C23H28F3N7O3. The van der Waals surface area contributed by atoms with Crippen LogP contribution in [0.4, 0.5) is 25.1 Å². The van der Waals surface area contributed by atoms with Gasteiger partial charge in [0, 0.05) is 25.2 Å². The van der Waals surface area contributed by atoms with Gasteiger partial charge in [0.1, 0.15) is 0 Å². The molecule has 0 amide bonds. The summed E-state index contributed by atoms with van der Waals surface area (Å²) in [6.45, 7) is 4.07. The number of esters is 1. The average molecular weight is 508 g/mol. The van der Waals surface area contributed by atoms with Gasteiger partial charge in [-0.3, -0.25) is 9.36 Å². The lowest BCUT2D eigenvalue weighted by atomic mass is 10.1.